The maximum absolute atomic E-state index is 14.2. The van der Waals surface area contributed by atoms with Gasteiger partial charge in [0.05, 0.1) is 12.6 Å². The first kappa shape index (κ1) is 24.2. The molecule has 35 heavy (non-hydrogen) atoms. The van der Waals surface area contributed by atoms with E-state index in [9.17, 15) is 14.0 Å². The van der Waals surface area contributed by atoms with Crippen molar-refractivity contribution in [3.05, 3.63) is 101 Å². The average molecular weight is 479 g/mol. The van der Waals surface area contributed by atoms with Gasteiger partial charge in [0, 0.05) is 6.07 Å². The van der Waals surface area contributed by atoms with E-state index in [1.165, 1.54) is 12.1 Å². The molecule has 2 N–H and O–H groups in total. The van der Waals surface area contributed by atoms with Crippen LogP contribution < -0.4 is 15.4 Å². The second-order valence-electron chi connectivity index (χ2n) is 8.23. The van der Waals surface area contributed by atoms with Crippen molar-refractivity contribution in [2.24, 2.45) is 0 Å². The van der Waals surface area contributed by atoms with Crippen LogP contribution in [-0.4, -0.2) is 37.3 Å². The summed E-state index contributed by atoms with van der Waals surface area (Å²) < 4.78 is 30.5. The van der Waals surface area contributed by atoms with Gasteiger partial charge in [-0.25, -0.2) is 9.18 Å². The van der Waals surface area contributed by atoms with Gasteiger partial charge in [-0.05, 0) is 35.2 Å². The lowest BCUT2D eigenvalue weighted by Crippen LogP contribution is -2.45. The molecule has 1 aliphatic rings. The number of halogens is 1. The van der Waals surface area contributed by atoms with Gasteiger partial charge in [-0.3, -0.25) is 4.79 Å². The zero-order valence-corrected chi connectivity index (χ0v) is 19.1. The molecule has 1 saturated heterocycles. The number of rotatable bonds is 11. The van der Waals surface area contributed by atoms with Crippen LogP contribution in [0.3, 0.4) is 0 Å². The number of hydrogen-bond donors (Lipinski definition) is 2. The molecule has 0 aromatic heterocycles. The van der Waals surface area contributed by atoms with Crippen molar-refractivity contribution in [2.45, 2.75) is 31.8 Å². The molecule has 1 aliphatic heterocycles. The highest BCUT2D eigenvalue weighted by molar-refractivity contribution is 5.82. The number of nitrogens with one attached hydrogen (secondary N) is 2. The maximum Gasteiger partial charge on any atom is 0.407 e. The summed E-state index contributed by atoms with van der Waals surface area (Å²) >= 11 is 0. The summed E-state index contributed by atoms with van der Waals surface area (Å²) in [5, 5.41) is 5.29. The first-order valence-electron chi connectivity index (χ1n) is 11.4. The minimum absolute atomic E-state index is 0.112. The smallest absolute Gasteiger partial charge is 0.407 e. The van der Waals surface area contributed by atoms with Crippen LogP contribution in [0.5, 0.6) is 5.75 Å². The lowest BCUT2D eigenvalue weighted by atomic mass is 10.0. The van der Waals surface area contributed by atoms with Gasteiger partial charge in [0.15, 0.2) is 0 Å². The zero-order valence-electron chi connectivity index (χ0n) is 19.1. The predicted molar refractivity (Wildman–Crippen MR) is 127 cm³/mol. The Morgan fingerprint density at radius 3 is 2.26 bits per heavy atom. The van der Waals surface area contributed by atoms with Crippen molar-refractivity contribution in [3.8, 4) is 5.75 Å². The van der Waals surface area contributed by atoms with E-state index in [0.717, 1.165) is 11.1 Å². The highest BCUT2D eigenvalue weighted by Gasteiger charge is 2.34. The van der Waals surface area contributed by atoms with Gasteiger partial charge in [0.1, 0.15) is 37.4 Å². The molecule has 0 saturated carbocycles. The quantitative estimate of drug-likeness (QED) is 0.410. The van der Waals surface area contributed by atoms with Crippen LogP contribution in [0, 0.1) is 5.82 Å². The second-order valence-corrected chi connectivity index (χ2v) is 8.23. The Hall–Kier alpha value is -3.91. The first-order valence-corrected chi connectivity index (χ1v) is 11.4. The van der Waals surface area contributed by atoms with Crippen LogP contribution >= 0.6 is 0 Å². The zero-order chi connectivity index (χ0) is 24.5. The second kappa shape index (κ2) is 12.0. The summed E-state index contributed by atoms with van der Waals surface area (Å²) in [5.74, 6) is -0.400. The fraction of sp³-hybridized carbons (Fsp3) is 0.259. The Morgan fingerprint density at radius 2 is 1.60 bits per heavy atom. The molecule has 0 unspecified atom stereocenters. The van der Waals surface area contributed by atoms with E-state index in [4.69, 9.17) is 14.2 Å². The fourth-order valence-electron chi connectivity index (χ4n) is 3.56. The summed E-state index contributed by atoms with van der Waals surface area (Å²) in [5.41, 5.74) is 2.49. The molecule has 1 fully saturated rings. The molecule has 182 valence electrons. The monoisotopic (exact) mass is 478 g/mol. The third kappa shape index (κ3) is 8.12. The molecule has 2 atom stereocenters. The van der Waals surface area contributed by atoms with Gasteiger partial charge in [-0.1, -0.05) is 60.7 Å². The predicted octanol–water partition coefficient (Wildman–Crippen LogP) is 3.76. The van der Waals surface area contributed by atoms with Gasteiger partial charge < -0.3 is 24.8 Å². The molecule has 3 aromatic carbocycles. The number of hydrogen-bond acceptors (Lipinski definition) is 5. The van der Waals surface area contributed by atoms with Crippen LogP contribution in [-0.2, 0) is 33.9 Å². The van der Waals surface area contributed by atoms with Crippen LogP contribution in [0.4, 0.5) is 9.18 Å². The number of alkyl carbamates (subject to hydrolysis) is 1. The minimum Gasteiger partial charge on any atom is -0.489 e. The topological polar surface area (TPSA) is 89.2 Å². The lowest BCUT2D eigenvalue weighted by Gasteiger charge is -2.18. The Kier molecular flexibility index (Phi) is 8.30. The van der Waals surface area contributed by atoms with Gasteiger partial charge >= 0.3 is 6.09 Å². The molecular formula is C27H27FN2O5. The Balaban J connectivity index is 1.26. The SMILES string of the molecule is O=C(CNC(=O)OCc1ccccc1)N[C@@H](Cc1cc(F)cc(OCc2ccccc2)c1)[C@H]1CO1. The molecular weight excluding hydrogens is 451 g/mol. The number of amides is 2. The summed E-state index contributed by atoms with van der Waals surface area (Å²) in [6.45, 7) is 0.693. The van der Waals surface area contributed by atoms with E-state index < -0.39 is 11.9 Å². The van der Waals surface area contributed by atoms with Crippen LogP contribution in [0.15, 0.2) is 78.9 Å². The number of carbonyl (C=O) groups is 2. The van der Waals surface area contributed by atoms with Gasteiger partial charge in [0.2, 0.25) is 5.91 Å². The summed E-state index contributed by atoms with van der Waals surface area (Å²) in [6.07, 6.45) is -0.497. The standard InChI is InChI=1S/C27H27FN2O5/c28-22-11-21(12-23(14-22)33-16-19-7-3-1-4-8-19)13-24(25-18-34-25)30-26(31)15-29-27(32)35-17-20-9-5-2-6-10-20/h1-12,14,24-25H,13,15-18H2,(H,29,32)(H,30,31)/t24-,25+/m0/s1. The molecule has 1 heterocycles. The third-order valence-electron chi connectivity index (χ3n) is 5.40. The lowest BCUT2D eigenvalue weighted by molar-refractivity contribution is -0.121. The van der Waals surface area contributed by atoms with Crippen molar-refractivity contribution in [1.82, 2.24) is 10.6 Å². The van der Waals surface area contributed by atoms with Crippen molar-refractivity contribution >= 4 is 12.0 Å². The van der Waals surface area contributed by atoms with Gasteiger partial charge in [0.25, 0.3) is 0 Å². The summed E-state index contributed by atoms with van der Waals surface area (Å²) in [6, 6.07) is 23.0. The molecule has 0 spiro atoms. The number of benzene rings is 3. The largest absolute Gasteiger partial charge is 0.489 e. The van der Waals surface area contributed by atoms with E-state index in [2.05, 4.69) is 10.6 Å². The van der Waals surface area contributed by atoms with Crippen LogP contribution in [0.2, 0.25) is 0 Å². The number of ether oxygens (including phenoxy) is 3. The van der Waals surface area contributed by atoms with E-state index >= 15 is 0 Å². The average Bonchev–Trinajstić information content (AvgIpc) is 3.71. The molecule has 2 amide bonds. The molecule has 7 nitrogen and oxygen atoms in total. The van der Waals surface area contributed by atoms with Gasteiger partial charge in [-0.2, -0.15) is 0 Å². The molecule has 4 rings (SSSR count). The van der Waals surface area contributed by atoms with Gasteiger partial charge in [-0.15, -0.1) is 0 Å². The maximum atomic E-state index is 14.2. The minimum atomic E-state index is -0.687. The van der Waals surface area contributed by atoms with Crippen molar-refractivity contribution in [3.63, 3.8) is 0 Å². The Labute approximate surface area is 203 Å². The highest BCUT2D eigenvalue weighted by atomic mass is 19.1. The van der Waals surface area contributed by atoms with Crippen molar-refractivity contribution < 1.29 is 28.2 Å². The molecule has 0 bridgehead atoms. The van der Waals surface area contributed by atoms with E-state index in [0.29, 0.717) is 30.9 Å². The number of epoxide rings is 1. The first-order chi connectivity index (χ1) is 17.0. The fourth-order valence-corrected chi connectivity index (χ4v) is 3.56. The molecule has 0 radical (unpaired) electrons. The molecule has 8 heteroatoms. The highest BCUT2D eigenvalue weighted by Crippen LogP contribution is 2.23. The van der Waals surface area contributed by atoms with E-state index in [1.54, 1.807) is 6.07 Å². The summed E-state index contributed by atoms with van der Waals surface area (Å²) in [7, 11) is 0. The Bertz CT molecular complexity index is 1120. The number of carbonyl (C=O) groups excluding carboxylic acids is 2. The van der Waals surface area contributed by atoms with Crippen LogP contribution in [0.25, 0.3) is 0 Å². The van der Waals surface area contributed by atoms with Crippen molar-refractivity contribution in [2.75, 3.05) is 13.2 Å². The molecule has 0 aliphatic carbocycles. The van der Waals surface area contributed by atoms with E-state index in [1.807, 2.05) is 60.7 Å². The summed E-state index contributed by atoms with van der Waals surface area (Å²) in [4.78, 5) is 24.3. The van der Waals surface area contributed by atoms with Crippen LogP contribution in [0.1, 0.15) is 16.7 Å². The van der Waals surface area contributed by atoms with E-state index in [-0.39, 0.29) is 31.2 Å². The normalized spacial score (nSPS) is 15.1. The van der Waals surface area contributed by atoms with Crippen molar-refractivity contribution in [1.29, 1.82) is 0 Å². The molecule has 3 aromatic rings. The third-order valence-corrected chi connectivity index (χ3v) is 5.40. The Morgan fingerprint density at radius 1 is 0.943 bits per heavy atom.